The molecular weight excluding hydrogens is 280 g/mol. The van der Waals surface area contributed by atoms with Gasteiger partial charge in [0.2, 0.25) is 10.0 Å². The molecule has 0 fully saturated rings. The monoisotopic (exact) mass is 295 g/mol. The van der Waals surface area contributed by atoms with Crippen LogP contribution < -0.4 is 4.72 Å². The van der Waals surface area contributed by atoms with E-state index >= 15 is 0 Å². The second-order valence-corrected chi connectivity index (χ2v) is 5.51. The molecular formula is C11H15F2NO4S. The molecule has 1 atom stereocenters. The minimum Gasteiger partial charge on any atom is -0.354 e. The van der Waals surface area contributed by atoms with Crippen molar-refractivity contribution in [2.75, 3.05) is 14.2 Å². The van der Waals surface area contributed by atoms with Crippen molar-refractivity contribution in [1.82, 2.24) is 4.72 Å². The van der Waals surface area contributed by atoms with E-state index in [1.807, 2.05) is 0 Å². The van der Waals surface area contributed by atoms with Crippen LogP contribution >= 0.6 is 0 Å². The fraction of sp³-hybridized carbons (Fsp3) is 0.455. The van der Waals surface area contributed by atoms with Crippen molar-refractivity contribution in [3.63, 3.8) is 0 Å². The molecule has 1 aromatic rings. The highest BCUT2D eigenvalue weighted by molar-refractivity contribution is 7.89. The Morgan fingerprint density at radius 2 is 1.79 bits per heavy atom. The van der Waals surface area contributed by atoms with Crippen molar-refractivity contribution in [3.8, 4) is 0 Å². The average Bonchev–Trinajstić information content (AvgIpc) is 2.29. The molecule has 5 nitrogen and oxygen atoms in total. The predicted molar refractivity (Wildman–Crippen MR) is 63.9 cm³/mol. The third kappa shape index (κ3) is 3.93. The van der Waals surface area contributed by atoms with Crippen LogP contribution in [-0.2, 0) is 19.5 Å². The summed E-state index contributed by atoms with van der Waals surface area (Å²) in [6.07, 6.45) is -0.821. The predicted octanol–water partition coefficient (Wildman–Crippen LogP) is 1.25. The fourth-order valence-electron chi connectivity index (χ4n) is 1.56. The molecule has 0 aliphatic rings. The molecule has 0 amide bonds. The minimum absolute atomic E-state index is 0.503. The summed E-state index contributed by atoms with van der Waals surface area (Å²) in [5.74, 6) is -2.01. The Morgan fingerprint density at radius 3 is 2.26 bits per heavy atom. The molecule has 19 heavy (non-hydrogen) atoms. The number of sulfonamides is 1. The van der Waals surface area contributed by atoms with Crippen LogP contribution in [0.3, 0.4) is 0 Å². The van der Waals surface area contributed by atoms with Crippen LogP contribution in [0, 0.1) is 11.6 Å². The molecule has 0 aliphatic heterocycles. The summed E-state index contributed by atoms with van der Waals surface area (Å²) >= 11 is 0. The van der Waals surface area contributed by atoms with Gasteiger partial charge in [-0.25, -0.2) is 21.9 Å². The number of methoxy groups -OCH3 is 2. The smallest absolute Gasteiger partial charge is 0.243 e. The first-order valence-electron chi connectivity index (χ1n) is 5.34. The fourth-order valence-corrected chi connectivity index (χ4v) is 2.85. The molecule has 0 spiro atoms. The summed E-state index contributed by atoms with van der Waals surface area (Å²) in [6, 6.07) is 1.48. The van der Waals surface area contributed by atoms with Crippen molar-refractivity contribution in [2.45, 2.75) is 24.2 Å². The van der Waals surface area contributed by atoms with Crippen molar-refractivity contribution in [2.24, 2.45) is 0 Å². The topological polar surface area (TPSA) is 64.6 Å². The zero-order valence-corrected chi connectivity index (χ0v) is 11.5. The first-order chi connectivity index (χ1) is 8.81. The molecule has 1 rings (SSSR count). The van der Waals surface area contributed by atoms with E-state index in [0.717, 1.165) is 12.1 Å². The molecule has 0 saturated carbocycles. The Kier molecular flexibility index (Phi) is 5.36. The molecule has 0 heterocycles. The van der Waals surface area contributed by atoms with Gasteiger partial charge in [-0.1, -0.05) is 0 Å². The third-order valence-corrected chi connectivity index (χ3v) is 3.99. The summed E-state index contributed by atoms with van der Waals surface area (Å²) in [5, 5.41) is 0. The molecule has 1 N–H and O–H groups in total. The third-order valence-electron chi connectivity index (χ3n) is 2.40. The molecule has 0 bridgehead atoms. The number of rotatable bonds is 6. The highest BCUT2D eigenvalue weighted by Crippen LogP contribution is 2.16. The molecule has 8 heteroatoms. The van der Waals surface area contributed by atoms with Gasteiger partial charge in [0.05, 0.1) is 6.04 Å². The maximum Gasteiger partial charge on any atom is 0.243 e. The molecule has 0 saturated heterocycles. The zero-order chi connectivity index (χ0) is 14.6. The van der Waals surface area contributed by atoms with E-state index in [-0.39, 0.29) is 0 Å². The summed E-state index contributed by atoms with van der Waals surface area (Å²) in [7, 11) is -1.43. The van der Waals surface area contributed by atoms with Crippen molar-refractivity contribution < 1.29 is 26.7 Å². The summed E-state index contributed by atoms with van der Waals surface area (Å²) in [5.41, 5.74) is 0. The van der Waals surface area contributed by atoms with E-state index in [1.165, 1.54) is 21.1 Å². The van der Waals surface area contributed by atoms with Crippen LogP contribution in [0.2, 0.25) is 0 Å². The van der Waals surface area contributed by atoms with E-state index in [1.54, 1.807) is 0 Å². The Hall–Kier alpha value is -1.09. The second-order valence-electron chi connectivity index (χ2n) is 3.82. The zero-order valence-electron chi connectivity index (χ0n) is 10.7. The summed E-state index contributed by atoms with van der Waals surface area (Å²) in [4.78, 5) is -0.633. The van der Waals surface area contributed by atoms with E-state index in [2.05, 4.69) is 4.72 Å². The normalized spacial score (nSPS) is 13.8. The van der Waals surface area contributed by atoms with E-state index in [9.17, 15) is 17.2 Å². The highest BCUT2D eigenvalue weighted by Gasteiger charge is 2.26. The van der Waals surface area contributed by atoms with Crippen LogP contribution in [0.1, 0.15) is 6.92 Å². The minimum atomic E-state index is -4.12. The maximum atomic E-state index is 13.4. The van der Waals surface area contributed by atoms with Gasteiger partial charge < -0.3 is 9.47 Å². The van der Waals surface area contributed by atoms with Crippen molar-refractivity contribution in [1.29, 1.82) is 0 Å². The second kappa shape index (κ2) is 6.38. The molecule has 0 aliphatic carbocycles. The Bertz CT molecular complexity index is 531. The van der Waals surface area contributed by atoms with Gasteiger partial charge in [0.25, 0.3) is 0 Å². The van der Waals surface area contributed by atoms with Gasteiger partial charge in [0.15, 0.2) is 6.29 Å². The lowest BCUT2D eigenvalue weighted by molar-refractivity contribution is -0.115. The lowest BCUT2D eigenvalue weighted by Crippen LogP contribution is -2.43. The Morgan fingerprint density at radius 1 is 1.21 bits per heavy atom. The maximum absolute atomic E-state index is 13.4. The quantitative estimate of drug-likeness (QED) is 0.802. The first-order valence-corrected chi connectivity index (χ1v) is 6.83. The first kappa shape index (κ1) is 16.0. The van der Waals surface area contributed by atoms with Crippen molar-refractivity contribution >= 4 is 10.0 Å². The number of hydrogen-bond donors (Lipinski definition) is 1. The number of hydrogen-bond acceptors (Lipinski definition) is 4. The van der Waals surface area contributed by atoms with Crippen LogP contribution in [0.4, 0.5) is 8.78 Å². The standard InChI is InChI=1S/C11H15F2NO4S/c1-7(11(17-2)18-3)14-19(15,16)10-5-4-8(12)6-9(10)13/h4-7,11,14H,1-3H3. The van der Waals surface area contributed by atoms with E-state index in [0.29, 0.717) is 6.07 Å². The van der Waals surface area contributed by atoms with E-state index < -0.39 is 38.9 Å². The van der Waals surface area contributed by atoms with Gasteiger partial charge in [0.1, 0.15) is 16.5 Å². The van der Waals surface area contributed by atoms with Crippen LogP contribution in [0.5, 0.6) is 0 Å². The molecule has 0 aromatic heterocycles. The number of nitrogens with one attached hydrogen (secondary N) is 1. The van der Waals surface area contributed by atoms with Gasteiger partial charge in [-0.2, -0.15) is 0 Å². The number of halogens is 2. The number of ether oxygens (including phenoxy) is 2. The van der Waals surface area contributed by atoms with Crippen LogP contribution in [0.15, 0.2) is 23.1 Å². The Balaban J connectivity index is 2.98. The van der Waals surface area contributed by atoms with Gasteiger partial charge >= 0.3 is 0 Å². The van der Waals surface area contributed by atoms with Crippen LogP contribution in [-0.4, -0.2) is 35.0 Å². The molecule has 1 unspecified atom stereocenters. The largest absolute Gasteiger partial charge is 0.354 e. The van der Waals surface area contributed by atoms with Gasteiger partial charge in [-0.3, -0.25) is 0 Å². The molecule has 1 aromatic carbocycles. The average molecular weight is 295 g/mol. The van der Waals surface area contributed by atoms with Crippen LogP contribution in [0.25, 0.3) is 0 Å². The number of benzene rings is 1. The van der Waals surface area contributed by atoms with Gasteiger partial charge in [-0.15, -0.1) is 0 Å². The van der Waals surface area contributed by atoms with Gasteiger partial charge in [0, 0.05) is 20.3 Å². The lowest BCUT2D eigenvalue weighted by atomic mass is 10.3. The molecule has 0 radical (unpaired) electrons. The van der Waals surface area contributed by atoms with Crippen molar-refractivity contribution in [3.05, 3.63) is 29.8 Å². The molecule has 108 valence electrons. The lowest BCUT2D eigenvalue weighted by Gasteiger charge is -2.22. The van der Waals surface area contributed by atoms with E-state index in [4.69, 9.17) is 9.47 Å². The summed E-state index contributed by atoms with van der Waals surface area (Å²) < 4.78 is 62.0. The Labute approximate surface area is 110 Å². The SMILES string of the molecule is COC(OC)C(C)NS(=O)(=O)c1ccc(F)cc1F. The highest BCUT2D eigenvalue weighted by atomic mass is 32.2. The van der Waals surface area contributed by atoms with Gasteiger partial charge in [-0.05, 0) is 19.1 Å². The summed E-state index contributed by atoms with van der Waals surface area (Å²) in [6.45, 7) is 1.50.